The number of rotatable bonds is 3. The van der Waals surface area contributed by atoms with Crippen molar-refractivity contribution in [2.75, 3.05) is 13.1 Å². The number of benzene rings is 1. The van der Waals surface area contributed by atoms with Crippen LogP contribution in [0.5, 0.6) is 0 Å². The van der Waals surface area contributed by atoms with Crippen molar-refractivity contribution in [3.05, 3.63) is 35.3 Å². The van der Waals surface area contributed by atoms with E-state index in [2.05, 4.69) is 9.27 Å². The third-order valence-electron chi connectivity index (χ3n) is 3.66. The SMILES string of the molecule is O=C1N2CC(c3nc4ccccc4s3)=CC(C2)N1OS(=O)(=O)[O-]. The van der Waals surface area contributed by atoms with Gasteiger partial charge in [0.2, 0.25) is 10.4 Å². The largest absolute Gasteiger partial charge is 0.724 e. The van der Waals surface area contributed by atoms with E-state index in [1.165, 1.54) is 16.2 Å². The van der Waals surface area contributed by atoms with Crippen LogP contribution >= 0.6 is 11.3 Å². The van der Waals surface area contributed by atoms with Crippen LogP contribution < -0.4 is 0 Å². The lowest BCUT2D eigenvalue weighted by Crippen LogP contribution is -2.35. The molecule has 0 spiro atoms. The Bertz CT molecular complexity index is 903. The van der Waals surface area contributed by atoms with Gasteiger partial charge in [-0.15, -0.1) is 11.3 Å². The number of fused-ring (bicyclic) bond motifs is 3. The first-order valence-electron chi connectivity index (χ1n) is 6.71. The van der Waals surface area contributed by atoms with Crippen LogP contribution in [0.1, 0.15) is 5.01 Å². The standard InChI is InChI=1S/C13H11N3O5S2/c17-13-15-6-8(5-9(7-15)16(13)21-23(18,19)20)12-14-10-3-1-2-4-11(10)22-12/h1-5,9H,6-7H2,(H,18,19,20)/p-1. The summed E-state index contributed by atoms with van der Waals surface area (Å²) in [4.78, 5) is 18.0. The predicted octanol–water partition coefficient (Wildman–Crippen LogP) is 1.19. The Morgan fingerprint density at radius 3 is 2.87 bits per heavy atom. The summed E-state index contributed by atoms with van der Waals surface area (Å²) in [5.41, 5.74) is 1.67. The number of hydrogen-bond acceptors (Lipinski definition) is 7. The summed E-state index contributed by atoms with van der Waals surface area (Å²) >= 11 is 1.49. The normalized spacial score (nSPS) is 21.2. The van der Waals surface area contributed by atoms with E-state index in [1.807, 2.05) is 24.3 Å². The maximum atomic E-state index is 12.1. The van der Waals surface area contributed by atoms with Crippen LogP contribution in [-0.4, -0.2) is 53.1 Å². The first kappa shape index (κ1) is 14.6. The summed E-state index contributed by atoms with van der Waals surface area (Å²) in [5, 5.41) is 1.38. The summed E-state index contributed by atoms with van der Waals surface area (Å²) in [6.07, 6.45) is 1.73. The topological polar surface area (TPSA) is 103 Å². The van der Waals surface area contributed by atoms with Gasteiger partial charge >= 0.3 is 6.03 Å². The Kier molecular flexibility index (Phi) is 3.17. The molecule has 4 rings (SSSR count). The molecule has 0 radical (unpaired) electrons. The minimum Gasteiger partial charge on any atom is -0.724 e. The minimum atomic E-state index is -5.00. The number of amides is 2. The van der Waals surface area contributed by atoms with Gasteiger partial charge in [0.05, 0.1) is 22.8 Å². The van der Waals surface area contributed by atoms with Gasteiger partial charge in [-0.25, -0.2) is 18.2 Å². The Morgan fingerprint density at radius 2 is 2.13 bits per heavy atom. The van der Waals surface area contributed by atoms with Crippen molar-refractivity contribution < 1.29 is 22.0 Å². The molecule has 10 heteroatoms. The van der Waals surface area contributed by atoms with Crippen LogP contribution in [0.25, 0.3) is 15.8 Å². The summed E-state index contributed by atoms with van der Waals surface area (Å²) in [5.74, 6) is 0. The average molecular weight is 352 g/mol. The van der Waals surface area contributed by atoms with E-state index in [9.17, 15) is 17.8 Å². The molecule has 8 nitrogen and oxygen atoms in total. The fourth-order valence-electron chi connectivity index (χ4n) is 2.74. The lowest BCUT2D eigenvalue weighted by molar-refractivity contribution is -0.0195. The molecule has 0 aliphatic carbocycles. The van der Waals surface area contributed by atoms with Crippen LogP contribution in [0.3, 0.4) is 0 Å². The molecule has 1 unspecified atom stereocenters. The molecular formula is C13H10N3O5S2-. The quantitative estimate of drug-likeness (QED) is 0.607. The van der Waals surface area contributed by atoms with Crippen LogP contribution in [0.2, 0.25) is 0 Å². The van der Waals surface area contributed by atoms with E-state index in [0.717, 1.165) is 20.8 Å². The average Bonchev–Trinajstić information content (AvgIpc) is 3.02. The maximum Gasteiger partial charge on any atom is 0.346 e. The molecule has 0 N–H and O–H groups in total. The molecule has 2 bridgehead atoms. The molecule has 2 aliphatic heterocycles. The van der Waals surface area contributed by atoms with Gasteiger partial charge < -0.3 is 9.45 Å². The molecule has 2 aliphatic rings. The molecule has 1 saturated heterocycles. The second-order valence-corrected chi connectivity index (χ2v) is 7.21. The molecule has 1 aromatic heterocycles. The Hall–Kier alpha value is -2.01. The number of para-hydroxylation sites is 1. The molecule has 1 atom stereocenters. The zero-order chi connectivity index (χ0) is 16.2. The van der Waals surface area contributed by atoms with Gasteiger partial charge in [0.25, 0.3) is 0 Å². The number of thiazole rings is 1. The fourth-order valence-corrected chi connectivity index (χ4v) is 4.09. The maximum absolute atomic E-state index is 12.1. The summed E-state index contributed by atoms with van der Waals surface area (Å²) < 4.78 is 37.6. The number of carbonyl (C=O) groups excluding carboxylic acids is 1. The van der Waals surface area contributed by atoms with Crippen LogP contribution in [-0.2, 0) is 14.7 Å². The van der Waals surface area contributed by atoms with Gasteiger partial charge in [-0.3, -0.25) is 0 Å². The zero-order valence-corrected chi connectivity index (χ0v) is 13.2. The second-order valence-electron chi connectivity index (χ2n) is 5.22. The van der Waals surface area contributed by atoms with Crippen LogP contribution in [0, 0.1) is 0 Å². The third-order valence-corrected chi connectivity index (χ3v) is 5.12. The first-order chi connectivity index (χ1) is 10.9. The van der Waals surface area contributed by atoms with E-state index in [0.29, 0.717) is 11.6 Å². The lowest BCUT2D eigenvalue weighted by atomic mass is 10.1. The van der Waals surface area contributed by atoms with Gasteiger partial charge in [-0.05, 0) is 18.2 Å². The Morgan fingerprint density at radius 1 is 1.35 bits per heavy atom. The summed E-state index contributed by atoms with van der Waals surface area (Å²) in [7, 11) is -5.00. The summed E-state index contributed by atoms with van der Waals surface area (Å²) in [6.45, 7) is 0.580. The van der Waals surface area contributed by atoms with Gasteiger partial charge in [-0.2, -0.15) is 9.35 Å². The van der Waals surface area contributed by atoms with Crippen LogP contribution in [0.15, 0.2) is 30.3 Å². The highest BCUT2D eigenvalue weighted by Gasteiger charge is 2.42. The Labute approximate surface area is 135 Å². The van der Waals surface area contributed by atoms with Crippen molar-refractivity contribution in [2.24, 2.45) is 0 Å². The number of nitrogens with zero attached hydrogens (tertiary/aromatic N) is 3. The monoisotopic (exact) mass is 352 g/mol. The molecule has 0 saturated carbocycles. The second kappa shape index (κ2) is 4.99. The molecule has 2 amide bonds. The van der Waals surface area contributed by atoms with Crippen molar-refractivity contribution >= 4 is 43.6 Å². The Balaban J connectivity index is 1.69. The molecule has 1 aromatic carbocycles. The number of carbonyl (C=O) groups is 1. The molecule has 120 valence electrons. The van der Waals surface area contributed by atoms with Crippen molar-refractivity contribution in [2.45, 2.75) is 6.04 Å². The van der Waals surface area contributed by atoms with Gasteiger partial charge in [0.15, 0.2) is 0 Å². The minimum absolute atomic E-state index is 0.281. The van der Waals surface area contributed by atoms with E-state index in [-0.39, 0.29) is 6.54 Å². The van der Waals surface area contributed by atoms with E-state index in [4.69, 9.17) is 0 Å². The van der Waals surface area contributed by atoms with Crippen molar-refractivity contribution in [3.63, 3.8) is 0 Å². The fraction of sp³-hybridized carbons (Fsp3) is 0.231. The molecule has 1 fully saturated rings. The van der Waals surface area contributed by atoms with Crippen molar-refractivity contribution in [3.8, 4) is 0 Å². The van der Waals surface area contributed by atoms with Gasteiger partial charge in [0, 0.05) is 12.1 Å². The van der Waals surface area contributed by atoms with Crippen LogP contribution in [0.4, 0.5) is 4.79 Å². The van der Waals surface area contributed by atoms with E-state index < -0.39 is 22.5 Å². The zero-order valence-electron chi connectivity index (χ0n) is 11.6. The van der Waals surface area contributed by atoms with Gasteiger partial charge in [-0.1, -0.05) is 12.1 Å². The highest BCUT2D eigenvalue weighted by atomic mass is 32.3. The molecule has 23 heavy (non-hydrogen) atoms. The van der Waals surface area contributed by atoms with E-state index in [1.54, 1.807) is 6.08 Å². The number of urea groups is 1. The lowest BCUT2D eigenvalue weighted by Gasteiger charge is -2.20. The smallest absolute Gasteiger partial charge is 0.346 e. The molecular weight excluding hydrogens is 342 g/mol. The number of hydrogen-bond donors (Lipinski definition) is 0. The molecule has 2 aromatic rings. The predicted molar refractivity (Wildman–Crippen MR) is 81.0 cm³/mol. The van der Waals surface area contributed by atoms with E-state index >= 15 is 0 Å². The molecule has 3 heterocycles. The van der Waals surface area contributed by atoms with Crippen molar-refractivity contribution in [1.82, 2.24) is 14.9 Å². The highest BCUT2D eigenvalue weighted by Crippen LogP contribution is 2.33. The number of hydroxylamine groups is 2. The third kappa shape index (κ3) is 2.59. The highest BCUT2D eigenvalue weighted by molar-refractivity contribution is 7.80. The summed E-state index contributed by atoms with van der Waals surface area (Å²) in [6, 6.07) is 6.42. The number of aromatic nitrogens is 1. The first-order valence-corrected chi connectivity index (χ1v) is 8.86. The van der Waals surface area contributed by atoms with Gasteiger partial charge in [0.1, 0.15) is 5.01 Å². The van der Waals surface area contributed by atoms with Crippen molar-refractivity contribution in [1.29, 1.82) is 0 Å².